The van der Waals surface area contributed by atoms with Crippen LogP contribution in [0.1, 0.15) is 36.0 Å². The number of amides is 2. The summed E-state index contributed by atoms with van der Waals surface area (Å²) < 4.78 is 13.1. The van der Waals surface area contributed by atoms with Gasteiger partial charge in [-0.05, 0) is 37.5 Å². The number of benzene rings is 1. The lowest BCUT2D eigenvalue weighted by Gasteiger charge is -2.32. The summed E-state index contributed by atoms with van der Waals surface area (Å²) in [5.74, 6) is -0.0827. The van der Waals surface area contributed by atoms with Gasteiger partial charge in [-0.25, -0.2) is 4.39 Å². The Balaban J connectivity index is 1.80. The summed E-state index contributed by atoms with van der Waals surface area (Å²) in [7, 11) is 0. The lowest BCUT2D eigenvalue weighted by molar-refractivity contribution is -0.132. The van der Waals surface area contributed by atoms with Gasteiger partial charge in [0, 0.05) is 37.0 Å². The van der Waals surface area contributed by atoms with Crippen LogP contribution < -0.4 is 5.32 Å². The molecule has 2 rings (SSSR count). The molecular formula is C16H20ClFN2O2. The molecule has 0 atom stereocenters. The van der Waals surface area contributed by atoms with Gasteiger partial charge in [0.25, 0.3) is 5.91 Å². The second-order valence-electron chi connectivity index (χ2n) is 5.43. The monoisotopic (exact) mass is 326 g/mol. The third-order valence-corrected chi connectivity index (χ3v) is 4.06. The van der Waals surface area contributed by atoms with Crippen LogP contribution in [-0.4, -0.2) is 41.7 Å². The van der Waals surface area contributed by atoms with E-state index in [9.17, 15) is 14.0 Å². The van der Waals surface area contributed by atoms with Crippen molar-refractivity contribution < 1.29 is 14.0 Å². The zero-order valence-corrected chi connectivity index (χ0v) is 13.1. The van der Waals surface area contributed by atoms with E-state index >= 15 is 0 Å². The molecule has 0 unspecified atom stereocenters. The molecule has 1 aliphatic heterocycles. The average molecular weight is 327 g/mol. The van der Waals surface area contributed by atoms with E-state index in [0.29, 0.717) is 50.2 Å². The highest BCUT2D eigenvalue weighted by molar-refractivity contribution is 6.17. The van der Waals surface area contributed by atoms with Crippen LogP contribution in [0.3, 0.4) is 0 Å². The van der Waals surface area contributed by atoms with E-state index in [0.717, 1.165) is 0 Å². The number of nitrogens with one attached hydrogen (secondary N) is 1. The minimum atomic E-state index is -0.424. The maximum absolute atomic E-state index is 13.1. The minimum Gasteiger partial charge on any atom is -0.349 e. The Morgan fingerprint density at radius 2 is 2.05 bits per heavy atom. The van der Waals surface area contributed by atoms with Crippen LogP contribution in [0.25, 0.3) is 0 Å². The van der Waals surface area contributed by atoms with Crippen LogP contribution in [-0.2, 0) is 4.79 Å². The highest BCUT2D eigenvalue weighted by Gasteiger charge is 2.23. The molecule has 0 aromatic heterocycles. The summed E-state index contributed by atoms with van der Waals surface area (Å²) in [5.41, 5.74) is 0.320. The van der Waals surface area contributed by atoms with E-state index in [1.165, 1.54) is 18.2 Å². The molecule has 0 spiro atoms. The average Bonchev–Trinajstić information content (AvgIpc) is 2.53. The molecule has 22 heavy (non-hydrogen) atoms. The number of alkyl halides is 1. The largest absolute Gasteiger partial charge is 0.349 e. The number of hydrogen-bond acceptors (Lipinski definition) is 2. The van der Waals surface area contributed by atoms with Gasteiger partial charge in [0.05, 0.1) is 0 Å². The topological polar surface area (TPSA) is 49.4 Å². The van der Waals surface area contributed by atoms with Crippen LogP contribution in [0.4, 0.5) is 4.39 Å². The van der Waals surface area contributed by atoms with Crippen molar-refractivity contribution in [2.24, 2.45) is 0 Å². The van der Waals surface area contributed by atoms with Gasteiger partial charge in [-0.3, -0.25) is 9.59 Å². The first-order chi connectivity index (χ1) is 10.6. The third-order valence-electron chi connectivity index (χ3n) is 3.79. The second-order valence-corrected chi connectivity index (χ2v) is 5.81. The number of carbonyl (C=O) groups is 2. The summed E-state index contributed by atoms with van der Waals surface area (Å²) in [6.07, 6.45) is 2.60. The summed E-state index contributed by atoms with van der Waals surface area (Å²) in [5, 5.41) is 2.90. The van der Waals surface area contributed by atoms with Crippen molar-refractivity contribution in [3.63, 3.8) is 0 Å². The van der Waals surface area contributed by atoms with Gasteiger partial charge in [0.15, 0.2) is 0 Å². The molecule has 1 aromatic rings. The fourth-order valence-corrected chi connectivity index (χ4v) is 2.68. The van der Waals surface area contributed by atoms with Crippen molar-refractivity contribution in [3.8, 4) is 0 Å². The molecule has 1 saturated heterocycles. The zero-order chi connectivity index (χ0) is 15.9. The number of hydrogen-bond donors (Lipinski definition) is 1. The van der Waals surface area contributed by atoms with E-state index in [-0.39, 0.29) is 17.9 Å². The highest BCUT2D eigenvalue weighted by Crippen LogP contribution is 2.13. The summed E-state index contributed by atoms with van der Waals surface area (Å²) in [6, 6.07) is 5.65. The smallest absolute Gasteiger partial charge is 0.251 e. The molecule has 0 aliphatic carbocycles. The Bertz CT molecular complexity index is 531. The van der Waals surface area contributed by atoms with Crippen LogP contribution in [0, 0.1) is 5.82 Å². The summed E-state index contributed by atoms with van der Waals surface area (Å²) in [6.45, 7) is 1.27. The van der Waals surface area contributed by atoms with Crippen LogP contribution in [0.15, 0.2) is 24.3 Å². The lowest BCUT2D eigenvalue weighted by atomic mass is 10.0. The molecule has 0 saturated carbocycles. The fourth-order valence-electron chi connectivity index (χ4n) is 2.55. The zero-order valence-electron chi connectivity index (χ0n) is 12.4. The number of rotatable bonds is 5. The number of nitrogens with zero attached hydrogens (tertiary/aromatic N) is 1. The molecule has 1 heterocycles. The maximum atomic E-state index is 13.1. The van der Waals surface area contributed by atoms with Gasteiger partial charge < -0.3 is 10.2 Å². The summed E-state index contributed by atoms with van der Waals surface area (Å²) >= 11 is 5.59. The van der Waals surface area contributed by atoms with Crippen molar-refractivity contribution in [3.05, 3.63) is 35.6 Å². The molecule has 2 amide bonds. The number of piperidine rings is 1. The molecule has 4 nitrogen and oxygen atoms in total. The van der Waals surface area contributed by atoms with Crippen molar-refractivity contribution >= 4 is 23.4 Å². The predicted octanol–water partition coefficient (Wildman–Crippen LogP) is 2.57. The molecule has 120 valence electrons. The first-order valence-corrected chi connectivity index (χ1v) is 8.04. The second kappa shape index (κ2) is 8.13. The molecule has 0 radical (unpaired) electrons. The molecule has 1 aliphatic rings. The molecule has 0 bridgehead atoms. The van der Waals surface area contributed by atoms with Crippen LogP contribution >= 0.6 is 11.6 Å². The molecule has 6 heteroatoms. The normalized spacial score (nSPS) is 15.6. The molecule has 1 fully saturated rings. The van der Waals surface area contributed by atoms with Crippen molar-refractivity contribution in [1.82, 2.24) is 10.2 Å². The Labute approximate surface area is 134 Å². The van der Waals surface area contributed by atoms with Gasteiger partial charge in [0.2, 0.25) is 5.91 Å². The van der Waals surface area contributed by atoms with Crippen molar-refractivity contribution in [2.45, 2.75) is 31.7 Å². The van der Waals surface area contributed by atoms with E-state index < -0.39 is 5.82 Å². The quantitative estimate of drug-likeness (QED) is 0.845. The lowest BCUT2D eigenvalue weighted by Crippen LogP contribution is -2.46. The Morgan fingerprint density at radius 3 is 2.68 bits per heavy atom. The Hall–Kier alpha value is -1.62. The minimum absolute atomic E-state index is 0.0212. The van der Waals surface area contributed by atoms with Gasteiger partial charge >= 0.3 is 0 Å². The van der Waals surface area contributed by atoms with Crippen LogP contribution in [0.2, 0.25) is 0 Å². The van der Waals surface area contributed by atoms with Crippen molar-refractivity contribution in [2.75, 3.05) is 19.0 Å². The first-order valence-electron chi connectivity index (χ1n) is 7.50. The van der Waals surface area contributed by atoms with Gasteiger partial charge in [-0.1, -0.05) is 6.07 Å². The van der Waals surface area contributed by atoms with Gasteiger partial charge in [0.1, 0.15) is 5.82 Å². The fraction of sp³-hybridized carbons (Fsp3) is 0.500. The Kier molecular flexibility index (Phi) is 6.19. The highest BCUT2D eigenvalue weighted by atomic mass is 35.5. The predicted molar refractivity (Wildman–Crippen MR) is 83.4 cm³/mol. The van der Waals surface area contributed by atoms with E-state index in [2.05, 4.69) is 5.32 Å². The first kappa shape index (κ1) is 16.7. The SMILES string of the molecule is O=C(NC1CCN(C(=O)CCCCl)CC1)c1cccc(F)c1. The Morgan fingerprint density at radius 1 is 1.32 bits per heavy atom. The number of carbonyl (C=O) groups excluding carboxylic acids is 2. The van der Waals surface area contributed by atoms with Gasteiger partial charge in [-0.2, -0.15) is 0 Å². The molecule has 1 N–H and O–H groups in total. The summed E-state index contributed by atoms with van der Waals surface area (Å²) in [4.78, 5) is 25.7. The van der Waals surface area contributed by atoms with Crippen LogP contribution in [0.5, 0.6) is 0 Å². The van der Waals surface area contributed by atoms with Gasteiger partial charge in [-0.15, -0.1) is 11.6 Å². The van der Waals surface area contributed by atoms with E-state index in [1.54, 1.807) is 6.07 Å². The van der Waals surface area contributed by atoms with E-state index in [1.807, 2.05) is 4.90 Å². The number of likely N-dealkylation sites (tertiary alicyclic amines) is 1. The molecule has 1 aromatic carbocycles. The molecular weight excluding hydrogens is 307 g/mol. The standard InChI is InChI=1S/C16H20ClFN2O2/c17-8-2-5-15(21)20-9-6-14(7-10-20)19-16(22)12-3-1-4-13(18)11-12/h1,3-4,11,14H,2,5-10H2,(H,19,22). The number of halogens is 2. The van der Waals surface area contributed by atoms with E-state index in [4.69, 9.17) is 11.6 Å². The third kappa shape index (κ3) is 4.70. The maximum Gasteiger partial charge on any atom is 0.251 e. The van der Waals surface area contributed by atoms with Crippen molar-refractivity contribution in [1.29, 1.82) is 0 Å².